The van der Waals surface area contributed by atoms with Gasteiger partial charge in [-0.3, -0.25) is 4.79 Å². The molecule has 1 aliphatic heterocycles. The lowest BCUT2D eigenvalue weighted by Gasteiger charge is -2.36. The Morgan fingerprint density at radius 2 is 1.68 bits per heavy atom. The van der Waals surface area contributed by atoms with Gasteiger partial charge in [0.05, 0.1) is 0 Å². The fourth-order valence-electron chi connectivity index (χ4n) is 4.47. The van der Waals surface area contributed by atoms with E-state index in [1.54, 1.807) is 4.90 Å². The van der Waals surface area contributed by atoms with E-state index in [9.17, 15) is 9.59 Å². The molecule has 6 heteroatoms. The molecule has 1 atom stereocenters. The second-order valence-corrected chi connectivity index (χ2v) is 9.37. The minimum Gasteiger partial charge on any atom is -0.444 e. The third-order valence-electron chi connectivity index (χ3n) is 6.07. The lowest BCUT2D eigenvalue weighted by molar-refractivity contribution is 0.0240. The normalized spacial score (nSPS) is 18.6. The van der Waals surface area contributed by atoms with Gasteiger partial charge < -0.3 is 20.3 Å². The van der Waals surface area contributed by atoms with Crippen LogP contribution in [0.25, 0.3) is 0 Å². The van der Waals surface area contributed by atoms with Gasteiger partial charge in [-0.25, -0.2) is 4.79 Å². The number of amides is 1. The van der Waals surface area contributed by atoms with Crippen molar-refractivity contribution in [3.63, 3.8) is 0 Å². The first-order chi connectivity index (χ1) is 14.7. The summed E-state index contributed by atoms with van der Waals surface area (Å²) in [6.45, 7) is 8.35. The maximum absolute atomic E-state index is 13.1. The third-order valence-corrected chi connectivity index (χ3v) is 6.07. The summed E-state index contributed by atoms with van der Waals surface area (Å²) >= 11 is 0. The van der Waals surface area contributed by atoms with Crippen molar-refractivity contribution >= 4 is 23.3 Å². The van der Waals surface area contributed by atoms with Crippen molar-refractivity contribution in [2.24, 2.45) is 0 Å². The molecule has 1 amide bonds. The van der Waals surface area contributed by atoms with Crippen LogP contribution in [0.3, 0.4) is 0 Å². The number of hydrogen-bond donors (Lipinski definition) is 1. The van der Waals surface area contributed by atoms with E-state index in [0.717, 1.165) is 54.0 Å². The molecule has 0 saturated carbocycles. The molecule has 6 nitrogen and oxygen atoms in total. The van der Waals surface area contributed by atoms with E-state index in [2.05, 4.69) is 4.90 Å². The van der Waals surface area contributed by atoms with E-state index in [1.165, 1.54) is 0 Å². The zero-order valence-corrected chi connectivity index (χ0v) is 18.6. The number of ether oxygens (including phenoxy) is 1. The van der Waals surface area contributed by atoms with E-state index in [-0.39, 0.29) is 17.8 Å². The standard InChI is InChI=1S/C25H31N3O3/c1-25(2,3)31-24(30)28-15-13-27(14-16-28)18-9-7-17(8-10-18)23(29)21-12-11-20-19(21)5-4-6-22(20)26/h4-10,21H,11-16,26H2,1-3H3. The molecule has 2 aromatic carbocycles. The molecule has 4 rings (SSSR count). The number of rotatable bonds is 3. The Kier molecular flexibility index (Phi) is 5.65. The molecule has 1 fully saturated rings. The number of carbonyl (C=O) groups is 2. The van der Waals surface area contributed by atoms with Crippen LogP contribution in [0.1, 0.15) is 54.6 Å². The summed E-state index contributed by atoms with van der Waals surface area (Å²) in [6.07, 6.45) is 1.42. The Bertz CT molecular complexity index is 970. The largest absolute Gasteiger partial charge is 0.444 e. The number of anilines is 2. The van der Waals surface area contributed by atoms with Gasteiger partial charge in [0.2, 0.25) is 0 Å². The fraction of sp³-hybridized carbons (Fsp3) is 0.440. The first-order valence-electron chi connectivity index (χ1n) is 11.0. The number of nitrogens with zero attached hydrogens (tertiary/aromatic N) is 2. The molecular weight excluding hydrogens is 390 g/mol. The Hall–Kier alpha value is -3.02. The van der Waals surface area contributed by atoms with Crippen molar-refractivity contribution in [3.8, 4) is 0 Å². The van der Waals surface area contributed by atoms with Gasteiger partial charge in [-0.05, 0) is 75.1 Å². The molecule has 1 saturated heterocycles. The summed E-state index contributed by atoms with van der Waals surface area (Å²) in [5.74, 6) is 0.0485. The number of nitrogen functional groups attached to an aromatic ring is 1. The predicted molar refractivity (Wildman–Crippen MR) is 123 cm³/mol. The summed E-state index contributed by atoms with van der Waals surface area (Å²) in [5.41, 5.74) is 10.4. The number of hydrogen-bond acceptors (Lipinski definition) is 5. The van der Waals surface area contributed by atoms with Crippen LogP contribution in [0.2, 0.25) is 0 Å². The molecule has 2 aromatic rings. The quantitative estimate of drug-likeness (QED) is 0.593. The van der Waals surface area contributed by atoms with Crippen LogP contribution >= 0.6 is 0 Å². The second-order valence-electron chi connectivity index (χ2n) is 9.37. The van der Waals surface area contributed by atoms with E-state index in [0.29, 0.717) is 13.1 Å². The Labute approximate surface area is 184 Å². The van der Waals surface area contributed by atoms with Gasteiger partial charge in [-0.1, -0.05) is 12.1 Å². The maximum atomic E-state index is 13.1. The van der Waals surface area contributed by atoms with Crippen molar-refractivity contribution in [2.75, 3.05) is 36.8 Å². The summed E-state index contributed by atoms with van der Waals surface area (Å²) in [4.78, 5) is 29.4. The highest BCUT2D eigenvalue weighted by Gasteiger charge is 2.30. The van der Waals surface area contributed by atoms with Crippen molar-refractivity contribution in [2.45, 2.75) is 45.1 Å². The Morgan fingerprint density at radius 3 is 2.32 bits per heavy atom. The average molecular weight is 422 g/mol. The minimum atomic E-state index is -0.484. The van der Waals surface area contributed by atoms with Crippen molar-refractivity contribution < 1.29 is 14.3 Å². The van der Waals surface area contributed by atoms with Crippen LogP contribution in [0.15, 0.2) is 42.5 Å². The monoisotopic (exact) mass is 421 g/mol. The summed E-state index contributed by atoms with van der Waals surface area (Å²) in [6, 6.07) is 13.7. The predicted octanol–water partition coefficient (Wildman–Crippen LogP) is 4.24. The smallest absolute Gasteiger partial charge is 0.410 e. The minimum absolute atomic E-state index is 0.110. The van der Waals surface area contributed by atoms with E-state index < -0.39 is 5.60 Å². The fourth-order valence-corrected chi connectivity index (χ4v) is 4.47. The highest BCUT2D eigenvalue weighted by molar-refractivity contribution is 6.02. The molecule has 31 heavy (non-hydrogen) atoms. The summed E-state index contributed by atoms with van der Waals surface area (Å²) in [5, 5.41) is 0. The molecule has 1 unspecified atom stereocenters. The van der Waals surface area contributed by atoms with Crippen LogP contribution in [0.4, 0.5) is 16.2 Å². The number of fused-ring (bicyclic) bond motifs is 1. The number of piperazine rings is 1. The molecule has 2 aliphatic rings. The van der Waals surface area contributed by atoms with Crippen molar-refractivity contribution in [1.82, 2.24) is 4.90 Å². The Balaban J connectivity index is 1.38. The van der Waals surface area contributed by atoms with Crippen LogP contribution in [-0.2, 0) is 11.2 Å². The van der Waals surface area contributed by atoms with E-state index in [4.69, 9.17) is 10.5 Å². The van der Waals surface area contributed by atoms with E-state index >= 15 is 0 Å². The first kappa shape index (κ1) is 21.2. The molecule has 0 spiro atoms. The molecule has 2 N–H and O–H groups in total. The van der Waals surface area contributed by atoms with Gasteiger partial charge in [0.25, 0.3) is 0 Å². The zero-order chi connectivity index (χ0) is 22.2. The SMILES string of the molecule is CC(C)(C)OC(=O)N1CCN(c2ccc(C(=O)C3CCc4c(N)cccc43)cc2)CC1. The van der Waals surface area contributed by atoms with Crippen LogP contribution in [-0.4, -0.2) is 48.6 Å². The van der Waals surface area contributed by atoms with Gasteiger partial charge in [0.15, 0.2) is 5.78 Å². The lowest BCUT2D eigenvalue weighted by atomic mass is 9.92. The molecule has 0 bridgehead atoms. The van der Waals surface area contributed by atoms with Crippen LogP contribution in [0, 0.1) is 0 Å². The van der Waals surface area contributed by atoms with Crippen LogP contribution < -0.4 is 10.6 Å². The Morgan fingerprint density at radius 1 is 1.00 bits per heavy atom. The topological polar surface area (TPSA) is 75.9 Å². The maximum Gasteiger partial charge on any atom is 0.410 e. The van der Waals surface area contributed by atoms with Crippen molar-refractivity contribution in [1.29, 1.82) is 0 Å². The number of ketones is 1. The van der Waals surface area contributed by atoms with Gasteiger partial charge >= 0.3 is 6.09 Å². The number of benzene rings is 2. The zero-order valence-electron chi connectivity index (χ0n) is 18.6. The van der Waals surface area contributed by atoms with Gasteiger partial charge in [-0.15, -0.1) is 0 Å². The average Bonchev–Trinajstić information content (AvgIpc) is 3.18. The highest BCUT2D eigenvalue weighted by Crippen LogP contribution is 2.38. The lowest BCUT2D eigenvalue weighted by Crippen LogP contribution is -2.50. The molecule has 164 valence electrons. The molecule has 0 radical (unpaired) electrons. The molecule has 1 heterocycles. The van der Waals surface area contributed by atoms with Gasteiger partial charge in [0, 0.05) is 49.0 Å². The number of Topliss-reactive ketones (excluding diaryl/α,β-unsaturated/α-hetero) is 1. The van der Waals surface area contributed by atoms with Gasteiger partial charge in [0.1, 0.15) is 5.60 Å². The number of nitrogens with two attached hydrogens (primary N) is 1. The van der Waals surface area contributed by atoms with Crippen molar-refractivity contribution in [3.05, 3.63) is 59.2 Å². The second kappa shape index (κ2) is 8.25. The van der Waals surface area contributed by atoms with E-state index in [1.807, 2.05) is 63.2 Å². The number of carbonyl (C=O) groups excluding carboxylic acids is 2. The van der Waals surface area contributed by atoms with Crippen LogP contribution in [0.5, 0.6) is 0 Å². The molecular formula is C25H31N3O3. The highest BCUT2D eigenvalue weighted by atomic mass is 16.6. The summed E-state index contributed by atoms with van der Waals surface area (Å²) < 4.78 is 5.46. The summed E-state index contributed by atoms with van der Waals surface area (Å²) in [7, 11) is 0. The molecule has 1 aliphatic carbocycles. The first-order valence-corrected chi connectivity index (χ1v) is 11.0. The molecule has 0 aromatic heterocycles. The van der Waals surface area contributed by atoms with Gasteiger partial charge in [-0.2, -0.15) is 0 Å². The third kappa shape index (κ3) is 4.53.